The van der Waals surface area contributed by atoms with Crippen LogP contribution in [0.15, 0.2) is 40.2 Å². The average molecular weight is 355 g/mol. The van der Waals surface area contributed by atoms with E-state index in [2.05, 4.69) is 31.4 Å². The van der Waals surface area contributed by atoms with E-state index in [0.29, 0.717) is 5.75 Å². The Bertz CT molecular complexity index is 584. The molecule has 1 atom stereocenters. The van der Waals surface area contributed by atoms with Crippen LogP contribution < -0.4 is 5.32 Å². The second kappa shape index (κ2) is 6.90. The van der Waals surface area contributed by atoms with E-state index in [1.54, 1.807) is 10.9 Å². The summed E-state index contributed by atoms with van der Waals surface area (Å²) >= 11 is 4.76. The minimum atomic E-state index is -0.0200. The number of benzene rings is 1. The summed E-state index contributed by atoms with van der Waals surface area (Å²) in [6.07, 6.45) is 1.62. The Morgan fingerprint density at radius 3 is 2.75 bits per heavy atom. The number of amides is 1. The Morgan fingerprint density at radius 1 is 1.45 bits per heavy atom. The highest BCUT2D eigenvalue weighted by molar-refractivity contribution is 9.10. The molecular weight excluding hydrogens is 340 g/mol. The second-order valence-electron chi connectivity index (χ2n) is 4.35. The molecule has 5 nitrogen and oxygen atoms in total. The van der Waals surface area contributed by atoms with E-state index in [0.717, 1.165) is 15.2 Å². The van der Waals surface area contributed by atoms with Gasteiger partial charge in [-0.05, 0) is 24.6 Å². The lowest BCUT2D eigenvalue weighted by atomic mass is 10.1. The number of halogens is 1. The second-order valence-corrected chi connectivity index (χ2v) is 6.21. The lowest BCUT2D eigenvalue weighted by molar-refractivity contribution is -0.119. The number of nitrogens with zero attached hydrogens (tertiary/aromatic N) is 3. The molecule has 1 aromatic carbocycles. The molecule has 20 heavy (non-hydrogen) atoms. The highest BCUT2D eigenvalue weighted by Crippen LogP contribution is 2.17. The molecular formula is C13H15BrN4OS. The molecule has 2 aromatic rings. The number of carbonyl (C=O) groups excluding carboxylic acids is 1. The van der Waals surface area contributed by atoms with E-state index in [9.17, 15) is 4.79 Å². The zero-order chi connectivity index (χ0) is 14.5. The number of hydrogen-bond acceptors (Lipinski definition) is 4. The van der Waals surface area contributed by atoms with Crippen molar-refractivity contribution in [3.8, 4) is 0 Å². The lowest BCUT2D eigenvalue weighted by Gasteiger charge is -2.14. The molecule has 0 radical (unpaired) electrons. The number of thioether (sulfide) groups is 1. The quantitative estimate of drug-likeness (QED) is 0.838. The van der Waals surface area contributed by atoms with Crippen LogP contribution in [0.4, 0.5) is 0 Å². The molecule has 0 aliphatic carbocycles. The Hall–Kier alpha value is -1.34. The van der Waals surface area contributed by atoms with Gasteiger partial charge in [0.15, 0.2) is 5.16 Å². The van der Waals surface area contributed by atoms with Crippen LogP contribution in [-0.4, -0.2) is 26.4 Å². The first kappa shape index (κ1) is 15.1. The summed E-state index contributed by atoms with van der Waals surface area (Å²) in [6, 6.07) is 7.89. The maximum Gasteiger partial charge on any atom is 0.230 e. The van der Waals surface area contributed by atoms with Crippen molar-refractivity contribution in [3.63, 3.8) is 0 Å². The molecule has 0 aliphatic heterocycles. The van der Waals surface area contributed by atoms with Crippen LogP contribution in [0.1, 0.15) is 18.5 Å². The molecule has 1 aromatic heterocycles. The van der Waals surface area contributed by atoms with Crippen LogP contribution >= 0.6 is 27.7 Å². The Balaban J connectivity index is 1.85. The van der Waals surface area contributed by atoms with Gasteiger partial charge in [0.25, 0.3) is 0 Å². The highest BCUT2D eigenvalue weighted by Gasteiger charge is 2.11. The van der Waals surface area contributed by atoms with E-state index in [1.807, 2.05) is 38.2 Å². The topological polar surface area (TPSA) is 59.8 Å². The van der Waals surface area contributed by atoms with Crippen molar-refractivity contribution in [2.75, 3.05) is 5.75 Å². The maximum absolute atomic E-state index is 11.9. The summed E-state index contributed by atoms with van der Waals surface area (Å²) < 4.78 is 2.81. The molecule has 0 fully saturated rings. The number of nitrogens with one attached hydrogen (secondary N) is 1. The molecule has 1 heterocycles. The molecule has 0 saturated heterocycles. The standard InChI is InChI=1S/C13H15BrN4OS/c1-9(10-3-5-11(14)6-4-10)16-12(19)7-20-13-17-15-8-18(13)2/h3-6,8-9H,7H2,1-2H3,(H,16,19). The van der Waals surface area contributed by atoms with Gasteiger partial charge in [0, 0.05) is 11.5 Å². The summed E-state index contributed by atoms with van der Waals surface area (Å²) in [6.45, 7) is 1.97. The predicted molar refractivity (Wildman–Crippen MR) is 82.4 cm³/mol. The Kier molecular flexibility index (Phi) is 5.19. The minimum Gasteiger partial charge on any atom is -0.349 e. The van der Waals surface area contributed by atoms with E-state index < -0.39 is 0 Å². The van der Waals surface area contributed by atoms with Crippen molar-refractivity contribution < 1.29 is 4.79 Å². The van der Waals surface area contributed by atoms with Gasteiger partial charge < -0.3 is 9.88 Å². The van der Waals surface area contributed by atoms with Crippen molar-refractivity contribution in [1.29, 1.82) is 0 Å². The fraction of sp³-hybridized carbons (Fsp3) is 0.308. The first-order chi connectivity index (χ1) is 9.56. The molecule has 0 bridgehead atoms. The molecule has 2 rings (SSSR count). The van der Waals surface area contributed by atoms with Crippen LogP contribution in [0.5, 0.6) is 0 Å². The van der Waals surface area contributed by atoms with Crippen molar-refractivity contribution >= 4 is 33.6 Å². The normalized spacial score (nSPS) is 12.2. The molecule has 0 aliphatic rings. The summed E-state index contributed by atoms with van der Waals surface area (Å²) in [5.74, 6) is 0.307. The Morgan fingerprint density at radius 2 is 2.15 bits per heavy atom. The fourth-order valence-corrected chi connectivity index (χ4v) is 2.61. The third-order valence-corrected chi connectivity index (χ3v) is 4.31. The number of aryl methyl sites for hydroxylation is 1. The lowest BCUT2D eigenvalue weighted by Crippen LogP contribution is -2.28. The SMILES string of the molecule is CC(NC(=O)CSc1nncn1C)c1ccc(Br)cc1. The third kappa shape index (κ3) is 4.08. The van der Waals surface area contributed by atoms with Gasteiger partial charge in [-0.15, -0.1) is 10.2 Å². The summed E-state index contributed by atoms with van der Waals surface area (Å²) in [4.78, 5) is 11.9. The molecule has 0 spiro atoms. The number of aromatic nitrogens is 3. The zero-order valence-corrected chi connectivity index (χ0v) is 13.6. The van der Waals surface area contributed by atoms with Gasteiger partial charge in [0.2, 0.25) is 5.91 Å². The van der Waals surface area contributed by atoms with Gasteiger partial charge >= 0.3 is 0 Å². The number of hydrogen-bond donors (Lipinski definition) is 1. The number of rotatable bonds is 5. The van der Waals surface area contributed by atoms with Crippen molar-refractivity contribution in [2.45, 2.75) is 18.1 Å². The van der Waals surface area contributed by atoms with Crippen LogP contribution in [0.25, 0.3) is 0 Å². The van der Waals surface area contributed by atoms with Crippen molar-refractivity contribution in [2.24, 2.45) is 7.05 Å². The van der Waals surface area contributed by atoms with Crippen molar-refractivity contribution in [3.05, 3.63) is 40.6 Å². The predicted octanol–water partition coefficient (Wildman–Crippen LogP) is 2.55. The van der Waals surface area contributed by atoms with Crippen molar-refractivity contribution in [1.82, 2.24) is 20.1 Å². The van der Waals surface area contributed by atoms with Crippen LogP contribution in [0.3, 0.4) is 0 Å². The maximum atomic E-state index is 11.9. The van der Waals surface area contributed by atoms with Gasteiger partial charge in [0.05, 0.1) is 11.8 Å². The van der Waals surface area contributed by atoms with Gasteiger partial charge in [-0.2, -0.15) is 0 Å². The number of carbonyl (C=O) groups is 1. The van der Waals surface area contributed by atoms with E-state index >= 15 is 0 Å². The van der Waals surface area contributed by atoms with E-state index in [1.165, 1.54) is 11.8 Å². The molecule has 106 valence electrons. The monoisotopic (exact) mass is 354 g/mol. The van der Waals surface area contributed by atoms with Crippen LogP contribution in [0.2, 0.25) is 0 Å². The van der Waals surface area contributed by atoms with E-state index in [4.69, 9.17) is 0 Å². The van der Waals surface area contributed by atoms with Gasteiger partial charge in [0.1, 0.15) is 6.33 Å². The minimum absolute atomic E-state index is 0.0179. The highest BCUT2D eigenvalue weighted by atomic mass is 79.9. The smallest absolute Gasteiger partial charge is 0.230 e. The van der Waals surface area contributed by atoms with E-state index in [-0.39, 0.29) is 11.9 Å². The van der Waals surface area contributed by atoms with Gasteiger partial charge in [-0.1, -0.05) is 39.8 Å². The summed E-state index contributed by atoms with van der Waals surface area (Å²) in [5.41, 5.74) is 1.07. The first-order valence-corrected chi connectivity index (χ1v) is 7.85. The Labute approximate surface area is 130 Å². The van der Waals surface area contributed by atoms with Crippen LogP contribution in [0, 0.1) is 0 Å². The summed E-state index contributed by atoms with van der Waals surface area (Å²) in [7, 11) is 1.85. The molecule has 1 unspecified atom stereocenters. The molecule has 1 amide bonds. The molecule has 0 saturated carbocycles. The van der Waals surface area contributed by atoms with Gasteiger partial charge in [-0.25, -0.2) is 0 Å². The zero-order valence-electron chi connectivity index (χ0n) is 11.2. The van der Waals surface area contributed by atoms with Gasteiger partial charge in [-0.3, -0.25) is 4.79 Å². The molecule has 1 N–H and O–H groups in total. The largest absolute Gasteiger partial charge is 0.349 e. The third-order valence-electron chi connectivity index (χ3n) is 2.75. The molecule has 7 heteroatoms. The fourth-order valence-electron chi connectivity index (χ4n) is 1.65. The van der Waals surface area contributed by atoms with Crippen LogP contribution in [-0.2, 0) is 11.8 Å². The summed E-state index contributed by atoms with van der Waals surface area (Å²) in [5, 5.41) is 11.4. The first-order valence-electron chi connectivity index (χ1n) is 6.08. The average Bonchev–Trinajstić information content (AvgIpc) is 2.82.